The third-order valence-corrected chi connectivity index (χ3v) is 25.1. The average Bonchev–Trinajstić information content (AvgIpc) is 0.751. The summed E-state index contributed by atoms with van der Waals surface area (Å²) in [6.45, 7) is -0.332. The number of hydrogen-bond donors (Lipinski definition) is 0. The molecule has 0 fully saturated rings. The van der Waals surface area contributed by atoms with Gasteiger partial charge < -0.3 is 23.4 Å². The normalized spacial score (nSPS) is 12.3. The van der Waals surface area contributed by atoms with Crippen molar-refractivity contribution < 1.29 is 4.42 Å². The highest BCUT2D eigenvalue weighted by atomic mass is 16.3. The van der Waals surface area contributed by atoms with Crippen molar-refractivity contribution in [2.45, 2.75) is 0 Å². The number of rotatable bonds is 13. The van der Waals surface area contributed by atoms with E-state index >= 15 is 0 Å². The standard InChI is InChI=1S/C114H73BN4O/c1-5-29-74(30-6-1)78-37-23-39-80(65-78)82-41-25-43-85(67-82)92-52-27-50-90(76-33-9-3-10-34-76)113(92)118-106-72-88(116-102-54-18-13-45-94(102)95-46-14-19-55-103(95)116)60-62-100(106)115-101-63-61-89(117-104-56-20-15-47-96(104)97-48-16-21-57-105(97)117)73-107(101)119(109-71-87(70-108(118)112(109)115)84-59-64-111-99(69-84)98-49-17-22-58-110(98)120-111)114-91(77-35-11-4-12-36-77)51-28-53-93(114)86-44-26-42-83(68-86)81-40-24-38-79(66-81)75-31-7-2-8-32-75/h1-73H. The van der Waals surface area contributed by atoms with E-state index in [9.17, 15) is 0 Å². The van der Waals surface area contributed by atoms with Crippen molar-refractivity contribution in [2.75, 3.05) is 9.80 Å². The van der Waals surface area contributed by atoms with Gasteiger partial charge in [0.15, 0.2) is 0 Å². The zero-order valence-corrected chi connectivity index (χ0v) is 65.4. The minimum atomic E-state index is -0.332. The molecule has 0 radical (unpaired) electrons. The number of nitrogens with zero attached hydrogens (tertiary/aromatic N) is 4. The second-order valence-electron chi connectivity index (χ2n) is 31.8. The van der Waals surface area contributed by atoms with E-state index in [4.69, 9.17) is 4.42 Å². The average molecular weight is 1530 g/mol. The summed E-state index contributed by atoms with van der Waals surface area (Å²) in [5, 5.41) is 6.94. The van der Waals surface area contributed by atoms with Gasteiger partial charge in [-0.3, -0.25) is 0 Å². The maximum absolute atomic E-state index is 6.75. The van der Waals surface area contributed by atoms with Gasteiger partial charge in [0.2, 0.25) is 0 Å². The van der Waals surface area contributed by atoms with Crippen LogP contribution in [0.3, 0.4) is 0 Å². The number of benzene rings is 19. The number of para-hydroxylation sites is 7. The van der Waals surface area contributed by atoms with Crippen LogP contribution in [0.2, 0.25) is 0 Å². The first-order valence-corrected chi connectivity index (χ1v) is 41.4. The van der Waals surface area contributed by atoms with Crippen LogP contribution >= 0.6 is 0 Å². The first-order valence-electron chi connectivity index (χ1n) is 41.4. The van der Waals surface area contributed by atoms with Crippen LogP contribution in [0.15, 0.2) is 447 Å². The summed E-state index contributed by atoms with van der Waals surface area (Å²) in [5.41, 5.74) is 38.4. The van der Waals surface area contributed by atoms with E-state index in [0.29, 0.717) is 0 Å². The van der Waals surface area contributed by atoms with Gasteiger partial charge in [-0.2, -0.15) is 0 Å². The highest BCUT2D eigenvalue weighted by Gasteiger charge is 2.46. The number of hydrogen-bond acceptors (Lipinski definition) is 3. The number of anilines is 6. The van der Waals surface area contributed by atoms with Gasteiger partial charge in [0, 0.05) is 88.7 Å². The molecule has 0 atom stereocenters. The van der Waals surface area contributed by atoms with Crippen molar-refractivity contribution in [1.29, 1.82) is 0 Å². The quantitative estimate of drug-likeness (QED) is 0.108. The topological polar surface area (TPSA) is 29.5 Å². The minimum absolute atomic E-state index is 0.332. The molecule has 0 saturated heterocycles. The molecule has 24 rings (SSSR count). The molecule has 2 aliphatic heterocycles. The summed E-state index contributed by atoms with van der Waals surface area (Å²) in [6.07, 6.45) is 0. The first kappa shape index (κ1) is 68.6. The molecule has 120 heavy (non-hydrogen) atoms. The molecular formula is C114H73BN4O. The lowest BCUT2D eigenvalue weighted by molar-refractivity contribution is 0.669. The summed E-state index contributed by atoms with van der Waals surface area (Å²) in [6, 6.07) is 165. The van der Waals surface area contributed by atoms with E-state index in [-0.39, 0.29) is 6.71 Å². The summed E-state index contributed by atoms with van der Waals surface area (Å²) in [4.78, 5) is 5.40. The van der Waals surface area contributed by atoms with Gasteiger partial charge in [-0.25, -0.2) is 0 Å². The Balaban J connectivity index is 0.845. The molecule has 0 saturated carbocycles. The molecule has 0 spiro atoms. The third kappa shape index (κ3) is 11.2. The van der Waals surface area contributed by atoms with Gasteiger partial charge in [0.1, 0.15) is 11.2 Å². The second-order valence-corrected chi connectivity index (χ2v) is 31.8. The maximum atomic E-state index is 6.75. The number of fused-ring (bicyclic) bond motifs is 13. The van der Waals surface area contributed by atoms with Crippen LogP contribution in [0.5, 0.6) is 0 Å². The monoisotopic (exact) mass is 1520 g/mol. The highest BCUT2D eigenvalue weighted by Crippen LogP contribution is 2.55. The maximum Gasteiger partial charge on any atom is 0.252 e. The predicted molar refractivity (Wildman–Crippen MR) is 505 cm³/mol. The van der Waals surface area contributed by atoms with Gasteiger partial charge in [-0.05, 0) is 197 Å². The van der Waals surface area contributed by atoms with E-state index < -0.39 is 0 Å². The molecule has 0 aliphatic carbocycles. The van der Waals surface area contributed by atoms with E-state index in [0.717, 1.165) is 167 Å². The molecule has 6 heteroatoms. The molecule has 558 valence electrons. The van der Waals surface area contributed by atoms with Crippen molar-refractivity contribution in [3.63, 3.8) is 0 Å². The van der Waals surface area contributed by atoms with Crippen LogP contribution in [0.1, 0.15) is 0 Å². The van der Waals surface area contributed by atoms with Gasteiger partial charge in [-0.15, -0.1) is 0 Å². The molecule has 2 aliphatic rings. The molecule has 5 nitrogen and oxygen atoms in total. The van der Waals surface area contributed by atoms with Gasteiger partial charge in [-0.1, -0.05) is 340 Å². The Kier molecular flexibility index (Phi) is 16.0. The van der Waals surface area contributed by atoms with Crippen LogP contribution < -0.4 is 26.2 Å². The largest absolute Gasteiger partial charge is 0.456 e. The lowest BCUT2D eigenvalue weighted by Gasteiger charge is -2.46. The Hall–Kier alpha value is -15.8. The molecular weight excluding hydrogens is 1450 g/mol. The fourth-order valence-electron chi connectivity index (χ4n) is 19.7. The Morgan fingerprint density at radius 3 is 0.908 bits per heavy atom. The summed E-state index contributed by atoms with van der Waals surface area (Å²) in [5.74, 6) is 0. The molecule has 3 aromatic heterocycles. The lowest BCUT2D eigenvalue weighted by Crippen LogP contribution is -2.61. The van der Waals surface area contributed by atoms with Crippen LogP contribution in [0.25, 0.3) is 177 Å². The van der Waals surface area contributed by atoms with Gasteiger partial charge in [0.05, 0.1) is 33.4 Å². The minimum Gasteiger partial charge on any atom is -0.456 e. The van der Waals surface area contributed by atoms with Gasteiger partial charge >= 0.3 is 0 Å². The Morgan fingerprint density at radius 1 is 0.183 bits per heavy atom. The summed E-state index contributed by atoms with van der Waals surface area (Å²) in [7, 11) is 0. The molecule has 0 N–H and O–H groups in total. The van der Waals surface area contributed by atoms with E-state index in [1.54, 1.807) is 0 Å². The summed E-state index contributed by atoms with van der Waals surface area (Å²) < 4.78 is 11.7. The molecule has 5 heterocycles. The van der Waals surface area contributed by atoms with E-state index in [2.05, 4.69) is 462 Å². The summed E-state index contributed by atoms with van der Waals surface area (Å²) >= 11 is 0. The van der Waals surface area contributed by atoms with Gasteiger partial charge in [0.25, 0.3) is 6.71 Å². The number of aromatic nitrogens is 2. The van der Waals surface area contributed by atoms with E-state index in [1.165, 1.54) is 60.2 Å². The Morgan fingerprint density at radius 2 is 0.492 bits per heavy atom. The SMILES string of the molecule is c1ccc(-c2cccc(-c3cccc(-c4cccc(-c5ccccc5)c4N4c5cc(-n6c7ccccc7c7ccccc76)ccc5B5c6ccc(-n7c8ccccc8c8ccccc87)cc6N(c6c(-c7ccccc7)cccc6-c6cccc(-c7cccc(-c8ccccc8)c7)c6)c6cc(-c7ccc8oc9ccccc9c8c7)cc4c65)c3)c2)cc1. The highest BCUT2D eigenvalue weighted by molar-refractivity contribution is 7.00. The number of furan rings is 1. The van der Waals surface area contributed by atoms with Crippen LogP contribution in [0.4, 0.5) is 34.1 Å². The van der Waals surface area contributed by atoms with Crippen molar-refractivity contribution in [2.24, 2.45) is 0 Å². The molecule has 22 aromatic rings. The van der Waals surface area contributed by atoms with Crippen LogP contribution in [-0.2, 0) is 0 Å². The van der Waals surface area contributed by atoms with E-state index in [1.807, 2.05) is 0 Å². The second kappa shape index (κ2) is 28.0. The zero-order chi connectivity index (χ0) is 78.9. The van der Waals surface area contributed by atoms with Crippen molar-refractivity contribution in [3.8, 4) is 112 Å². The fraction of sp³-hybridized carbons (Fsp3) is 0. The molecule has 0 unspecified atom stereocenters. The van der Waals surface area contributed by atoms with Crippen molar-refractivity contribution >= 4 is 123 Å². The first-order chi connectivity index (χ1) is 59.5. The molecule has 0 bridgehead atoms. The smallest absolute Gasteiger partial charge is 0.252 e. The zero-order valence-electron chi connectivity index (χ0n) is 65.4. The van der Waals surface area contributed by atoms with Crippen LogP contribution in [0, 0.1) is 0 Å². The Bertz CT molecular complexity index is 7360. The van der Waals surface area contributed by atoms with Crippen molar-refractivity contribution in [1.82, 2.24) is 9.13 Å². The fourth-order valence-corrected chi connectivity index (χ4v) is 19.7. The lowest BCUT2D eigenvalue weighted by atomic mass is 9.33. The molecule has 19 aromatic carbocycles. The predicted octanol–water partition coefficient (Wildman–Crippen LogP) is 28.9. The van der Waals surface area contributed by atoms with Crippen LogP contribution in [-0.4, -0.2) is 15.8 Å². The van der Waals surface area contributed by atoms with Crippen molar-refractivity contribution in [3.05, 3.63) is 443 Å². The third-order valence-electron chi connectivity index (χ3n) is 25.1. The molecule has 0 amide bonds. The Labute approximate surface area is 695 Å².